The molecule has 4 heteroatoms. The Bertz CT molecular complexity index is 166. The van der Waals surface area contributed by atoms with Gasteiger partial charge in [0.15, 0.2) is 0 Å². The molecule has 0 N–H and O–H groups in total. The van der Waals surface area contributed by atoms with E-state index < -0.39 is 0 Å². The summed E-state index contributed by atoms with van der Waals surface area (Å²) in [6.45, 7) is 1.95. The van der Waals surface area contributed by atoms with Crippen LogP contribution >= 0.6 is 15.9 Å². The number of halogens is 1. The predicted octanol–water partition coefficient (Wildman–Crippen LogP) is 1.70. The van der Waals surface area contributed by atoms with Gasteiger partial charge in [0.25, 0.3) is 0 Å². The average molecular weight is 188 g/mol. The van der Waals surface area contributed by atoms with Crippen molar-refractivity contribution in [2.24, 2.45) is 9.98 Å². The van der Waals surface area contributed by atoms with Crippen molar-refractivity contribution in [1.82, 2.24) is 0 Å². The predicted molar refractivity (Wildman–Crippen MR) is 40.8 cm³/mol. The van der Waals surface area contributed by atoms with Crippen LogP contribution in [0.5, 0.6) is 0 Å². The highest BCUT2D eigenvalue weighted by molar-refractivity contribution is 9.18. The summed E-state index contributed by atoms with van der Waals surface area (Å²) in [5.74, 6) is 0. The van der Waals surface area contributed by atoms with Gasteiger partial charge in [0.05, 0.1) is 4.62 Å². The maximum absolute atomic E-state index is 7.92. The molecule has 9 heavy (non-hydrogen) atoms. The van der Waals surface area contributed by atoms with Gasteiger partial charge in [-0.25, -0.2) is 4.99 Å². The fourth-order valence-corrected chi connectivity index (χ4v) is 0.300. The molecule has 0 atom stereocenters. The molecule has 3 nitrogen and oxygen atoms in total. The number of hydrogen-bond acceptors (Lipinski definition) is 2. The highest BCUT2D eigenvalue weighted by Gasteiger charge is 1.81. The molecule has 0 unspecified atom stereocenters. The van der Waals surface area contributed by atoms with Crippen molar-refractivity contribution in [3.8, 4) is 6.19 Å². The summed E-state index contributed by atoms with van der Waals surface area (Å²) >= 11 is 3.16. The molecule has 0 aromatic heterocycles. The Labute approximate surface area is 62.2 Å². The van der Waals surface area contributed by atoms with E-state index in [0.717, 1.165) is 11.0 Å². The van der Waals surface area contributed by atoms with Gasteiger partial charge in [-0.2, -0.15) is 10.3 Å². The quantitative estimate of drug-likeness (QED) is 0.369. The van der Waals surface area contributed by atoms with Gasteiger partial charge in [-0.15, -0.1) is 0 Å². The van der Waals surface area contributed by atoms with E-state index in [1.165, 1.54) is 6.34 Å². The van der Waals surface area contributed by atoms with Crippen LogP contribution < -0.4 is 0 Å². The maximum Gasteiger partial charge on any atom is 0.207 e. The first kappa shape index (κ1) is 8.31. The summed E-state index contributed by atoms with van der Waals surface area (Å²) in [6, 6.07) is 0. The van der Waals surface area contributed by atoms with Crippen LogP contribution in [0.4, 0.5) is 0 Å². The standard InChI is InChI=1S/C5H6BrN3/c1-2-5(6)9-4-8-3-7/h4H,2H2,1H3. The lowest BCUT2D eigenvalue weighted by Crippen LogP contribution is -1.80. The second-order valence-corrected chi connectivity index (χ2v) is 2.12. The average Bonchev–Trinajstić information content (AvgIpc) is 1.89. The molecule has 0 radical (unpaired) electrons. The Morgan fingerprint density at radius 3 is 3.00 bits per heavy atom. The fourth-order valence-electron chi connectivity index (χ4n) is 0.209. The van der Waals surface area contributed by atoms with Crippen molar-refractivity contribution in [2.75, 3.05) is 0 Å². The number of rotatable bonds is 2. The van der Waals surface area contributed by atoms with Crippen molar-refractivity contribution in [1.29, 1.82) is 5.26 Å². The molecule has 0 heterocycles. The van der Waals surface area contributed by atoms with Gasteiger partial charge in [0.1, 0.15) is 6.34 Å². The van der Waals surface area contributed by atoms with Crippen molar-refractivity contribution in [3.05, 3.63) is 0 Å². The molecule has 0 rings (SSSR count). The molecule has 0 saturated heterocycles. The number of hydrogen-bond donors (Lipinski definition) is 0. The van der Waals surface area contributed by atoms with Crippen molar-refractivity contribution >= 4 is 26.9 Å². The number of aliphatic imine (C=N–C) groups is 2. The van der Waals surface area contributed by atoms with Gasteiger partial charge in [0.2, 0.25) is 6.19 Å². The van der Waals surface area contributed by atoms with Crippen molar-refractivity contribution < 1.29 is 0 Å². The molecule has 0 bridgehead atoms. The number of nitriles is 1. The van der Waals surface area contributed by atoms with Gasteiger partial charge in [-0.3, -0.25) is 0 Å². The monoisotopic (exact) mass is 187 g/mol. The maximum atomic E-state index is 7.92. The van der Waals surface area contributed by atoms with E-state index in [1.807, 2.05) is 6.92 Å². The van der Waals surface area contributed by atoms with E-state index in [0.29, 0.717) is 0 Å². The summed E-state index contributed by atoms with van der Waals surface area (Å²) in [5, 5.41) is 7.92. The Kier molecular flexibility index (Phi) is 5.03. The molecule has 48 valence electrons. The lowest BCUT2D eigenvalue weighted by molar-refractivity contribution is 1.32. The van der Waals surface area contributed by atoms with Crippen molar-refractivity contribution in [2.45, 2.75) is 13.3 Å². The summed E-state index contributed by atoms with van der Waals surface area (Å²) in [5.41, 5.74) is 0. The Morgan fingerprint density at radius 2 is 2.56 bits per heavy atom. The van der Waals surface area contributed by atoms with E-state index in [9.17, 15) is 0 Å². The Balaban J connectivity index is 3.72. The first-order valence-electron chi connectivity index (χ1n) is 2.44. The first-order valence-corrected chi connectivity index (χ1v) is 3.23. The van der Waals surface area contributed by atoms with E-state index >= 15 is 0 Å². The van der Waals surface area contributed by atoms with Gasteiger partial charge in [-0.05, 0) is 22.4 Å². The first-order chi connectivity index (χ1) is 4.31. The zero-order valence-corrected chi connectivity index (χ0v) is 6.59. The topological polar surface area (TPSA) is 48.5 Å². The third-order valence-electron chi connectivity index (χ3n) is 0.605. The van der Waals surface area contributed by atoms with E-state index in [1.54, 1.807) is 6.19 Å². The molecule has 0 amide bonds. The Hall–Kier alpha value is -0.690. The van der Waals surface area contributed by atoms with Gasteiger partial charge in [0, 0.05) is 0 Å². The second kappa shape index (κ2) is 5.45. The van der Waals surface area contributed by atoms with Crippen LogP contribution in [0.1, 0.15) is 13.3 Å². The van der Waals surface area contributed by atoms with Crippen molar-refractivity contribution in [3.63, 3.8) is 0 Å². The highest BCUT2D eigenvalue weighted by Crippen LogP contribution is 1.92. The molecular formula is C5H6BrN3. The molecule has 0 aromatic rings. The van der Waals surface area contributed by atoms with E-state index in [-0.39, 0.29) is 0 Å². The number of nitrogens with zero attached hydrogens (tertiary/aromatic N) is 3. The summed E-state index contributed by atoms with van der Waals surface area (Å²) in [4.78, 5) is 6.97. The fraction of sp³-hybridized carbons (Fsp3) is 0.400. The van der Waals surface area contributed by atoms with Crippen LogP contribution in [-0.2, 0) is 0 Å². The lowest BCUT2D eigenvalue weighted by Gasteiger charge is -1.82. The molecule has 0 aromatic carbocycles. The third kappa shape index (κ3) is 5.18. The molecule has 0 aliphatic rings. The molecule has 0 aliphatic carbocycles. The lowest BCUT2D eigenvalue weighted by atomic mass is 10.5. The summed E-state index contributed by atoms with van der Waals surface area (Å²) < 4.78 is 0.793. The van der Waals surface area contributed by atoms with Crippen LogP contribution in [0.2, 0.25) is 0 Å². The van der Waals surface area contributed by atoms with Crippen LogP contribution in [0, 0.1) is 11.5 Å². The molecule has 0 aliphatic heterocycles. The largest absolute Gasteiger partial charge is 0.233 e. The molecular weight excluding hydrogens is 182 g/mol. The minimum Gasteiger partial charge on any atom is -0.233 e. The van der Waals surface area contributed by atoms with Gasteiger partial charge in [-0.1, -0.05) is 6.92 Å². The summed E-state index contributed by atoms with van der Waals surface area (Å²) in [7, 11) is 0. The zero-order valence-electron chi connectivity index (χ0n) is 5.00. The Morgan fingerprint density at radius 1 is 1.89 bits per heavy atom. The second-order valence-electron chi connectivity index (χ2n) is 1.20. The van der Waals surface area contributed by atoms with Crippen LogP contribution in [0.3, 0.4) is 0 Å². The van der Waals surface area contributed by atoms with Crippen LogP contribution in [0.15, 0.2) is 9.98 Å². The molecule has 0 spiro atoms. The highest BCUT2D eigenvalue weighted by atomic mass is 79.9. The SMILES string of the molecule is CCC(Br)=NC=NC#N. The third-order valence-corrected chi connectivity index (χ3v) is 1.37. The van der Waals surface area contributed by atoms with Crippen LogP contribution in [0.25, 0.3) is 0 Å². The normalized spacial score (nSPS) is 11.9. The minimum absolute atomic E-state index is 0.793. The minimum atomic E-state index is 0.793. The molecule has 0 saturated carbocycles. The van der Waals surface area contributed by atoms with Gasteiger partial charge < -0.3 is 0 Å². The smallest absolute Gasteiger partial charge is 0.207 e. The van der Waals surface area contributed by atoms with Crippen LogP contribution in [-0.4, -0.2) is 11.0 Å². The van der Waals surface area contributed by atoms with Gasteiger partial charge >= 0.3 is 0 Å². The van der Waals surface area contributed by atoms with E-state index in [2.05, 4.69) is 25.9 Å². The van der Waals surface area contributed by atoms with E-state index in [4.69, 9.17) is 5.26 Å². The summed E-state index contributed by atoms with van der Waals surface area (Å²) in [6.07, 6.45) is 3.62. The zero-order chi connectivity index (χ0) is 7.11. The molecule has 0 fully saturated rings.